The number of hydrogen-bond donors (Lipinski definition) is 1. The first kappa shape index (κ1) is 14.9. The van der Waals surface area contributed by atoms with E-state index in [0.717, 1.165) is 17.8 Å². The fourth-order valence-electron chi connectivity index (χ4n) is 1.58. The molecule has 0 bridgehead atoms. The van der Waals surface area contributed by atoms with Gasteiger partial charge < -0.3 is 5.32 Å². The molecule has 0 saturated heterocycles. The molecule has 0 spiro atoms. The molecule has 106 valence electrons. The van der Waals surface area contributed by atoms with Crippen LogP contribution in [0, 0.1) is 0 Å². The lowest BCUT2D eigenvalue weighted by atomic mass is 10.2. The molecule has 20 heavy (non-hydrogen) atoms. The third-order valence-corrected chi connectivity index (χ3v) is 2.91. The summed E-state index contributed by atoms with van der Waals surface area (Å²) in [7, 11) is 0. The van der Waals surface area contributed by atoms with Crippen molar-refractivity contribution in [3.8, 4) is 0 Å². The Labute approximate surface area is 123 Å². The lowest BCUT2D eigenvalue weighted by Crippen LogP contribution is -2.08. The molecule has 0 fully saturated rings. The molecule has 0 radical (unpaired) electrons. The number of benzene rings is 1. The Morgan fingerprint density at radius 3 is 2.20 bits per heavy atom. The van der Waals surface area contributed by atoms with Crippen LogP contribution in [0.1, 0.15) is 11.3 Å². The molecular weight excluding hydrogens is 312 g/mol. The second kappa shape index (κ2) is 5.89. The average Bonchev–Trinajstić information content (AvgIpc) is 2.35. The molecule has 0 aliphatic heterocycles. The third-order valence-electron chi connectivity index (χ3n) is 2.47. The molecule has 1 N–H and O–H groups in total. The Balaban J connectivity index is 2.04. The van der Waals surface area contributed by atoms with E-state index >= 15 is 0 Å². The summed E-state index contributed by atoms with van der Waals surface area (Å²) in [6.07, 6.45) is -3.30. The number of anilines is 1. The Bertz CT molecular complexity index is 577. The molecule has 0 amide bonds. The van der Waals surface area contributed by atoms with Crippen LogP contribution in [0.15, 0.2) is 36.5 Å². The maximum Gasteiger partial charge on any atom is 0.433 e. The lowest BCUT2D eigenvalue weighted by molar-refractivity contribution is -0.141. The highest BCUT2D eigenvalue weighted by atomic mass is 35.5. The van der Waals surface area contributed by atoms with Crippen LogP contribution in [0.5, 0.6) is 0 Å². The summed E-state index contributed by atoms with van der Waals surface area (Å²) in [5.74, 6) is 0. The Morgan fingerprint density at radius 2 is 1.70 bits per heavy atom. The monoisotopic (exact) mass is 320 g/mol. The molecule has 0 unspecified atom stereocenters. The van der Waals surface area contributed by atoms with Crippen LogP contribution in [0.3, 0.4) is 0 Å². The molecule has 2 aromatic rings. The van der Waals surface area contributed by atoms with Crippen LogP contribution in [-0.2, 0) is 12.7 Å². The number of hydrogen-bond acceptors (Lipinski definition) is 2. The summed E-state index contributed by atoms with van der Waals surface area (Å²) in [5.41, 5.74) is 0.380. The van der Waals surface area contributed by atoms with Gasteiger partial charge in [-0.3, -0.25) is 0 Å². The van der Waals surface area contributed by atoms with Gasteiger partial charge in [0.15, 0.2) is 0 Å². The van der Waals surface area contributed by atoms with E-state index in [-0.39, 0.29) is 0 Å². The first-order valence-corrected chi connectivity index (χ1v) is 6.32. The zero-order valence-corrected chi connectivity index (χ0v) is 11.5. The number of rotatable bonds is 3. The predicted octanol–water partition coefficient (Wildman–Crippen LogP) is 5.02. The van der Waals surface area contributed by atoms with Crippen molar-refractivity contribution in [3.63, 3.8) is 0 Å². The molecule has 0 aliphatic rings. The van der Waals surface area contributed by atoms with Gasteiger partial charge in [0.05, 0.1) is 11.9 Å². The number of pyridine rings is 1. The Morgan fingerprint density at radius 1 is 1.05 bits per heavy atom. The van der Waals surface area contributed by atoms with E-state index in [4.69, 9.17) is 23.2 Å². The maximum atomic E-state index is 12.3. The van der Waals surface area contributed by atoms with Crippen LogP contribution >= 0.6 is 23.2 Å². The summed E-state index contributed by atoms with van der Waals surface area (Å²) in [6, 6.07) is 7.29. The second-order valence-corrected chi connectivity index (χ2v) is 4.93. The van der Waals surface area contributed by atoms with Crippen molar-refractivity contribution in [1.29, 1.82) is 0 Å². The molecule has 7 heteroatoms. The topological polar surface area (TPSA) is 24.9 Å². The zero-order chi connectivity index (χ0) is 14.8. The number of nitrogens with zero attached hydrogens (tertiary/aromatic N) is 1. The fourth-order valence-corrected chi connectivity index (χ4v) is 2.15. The predicted molar refractivity (Wildman–Crippen MR) is 73.0 cm³/mol. The number of alkyl halides is 3. The quantitative estimate of drug-likeness (QED) is 0.859. The number of aromatic nitrogens is 1. The molecule has 0 aliphatic carbocycles. The van der Waals surface area contributed by atoms with Gasteiger partial charge >= 0.3 is 6.18 Å². The Kier molecular flexibility index (Phi) is 4.40. The van der Waals surface area contributed by atoms with E-state index in [1.807, 2.05) is 0 Å². The third kappa shape index (κ3) is 4.02. The van der Waals surface area contributed by atoms with E-state index in [9.17, 15) is 13.2 Å². The SMILES string of the molecule is FC(F)(F)c1ccc(NCc2cc(Cl)cc(Cl)c2)cn1. The van der Waals surface area contributed by atoms with Gasteiger partial charge in [0.1, 0.15) is 5.69 Å². The van der Waals surface area contributed by atoms with Crippen molar-refractivity contribution < 1.29 is 13.2 Å². The Hall–Kier alpha value is -1.46. The van der Waals surface area contributed by atoms with Gasteiger partial charge in [0.2, 0.25) is 0 Å². The van der Waals surface area contributed by atoms with Crippen LogP contribution in [-0.4, -0.2) is 4.98 Å². The smallest absolute Gasteiger partial charge is 0.380 e. The molecule has 1 aromatic carbocycles. The van der Waals surface area contributed by atoms with Crippen molar-refractivity contribution in [1.82, 2.24) is 4.98 Å². The van der Waals surface area contributed by atoms with Crippen LogP contribution in [0.2, 0.25) is 10.0 Å². The highest BCUT2D eigenvalue weighted by molar-refractivity contribution is 6.34. The highest BCUT2D eigenvalue weighted by Crippen LogP contribution is 2.28. The van der Waals surface area contributed by atoms with Crippen molar-refractivity contribution >= 4 is 28.9 Å². The number of halogens is 5. The van der Waals surface area contributed by atoms with Crippen LogP contribution in [0.4, 0.5) is 18.9 Å². The van der Waals surface area contributed by atoms with E-state index in [0.29, 0.717) is 22.3 Å². The van der Waals surface area contributed by atoms with Gasteiger partial charge in [0.25, 0.3) is 0 Å². The normalized spacial score (nSPS) is 11.4. The lowest BCUT2D eigenvalue weighted by Gasteiger charge is -2.09. The minimum atomic E-state index is -4.43. The summed E-state index contributed by atoms with van der Waals surface area (Å²) in [4.78, 5) is 3.36. The van der Waals surface area contributed by atoms with Crippen LogP contribution < -0.4 is 5.32 Å². The van der Waals surface area contributed by atoms with Crippen molar-refractivity contribution in [2.24, 2.45) is 0 Å². The van der Waals surface area contributed by atoms with Crippen molar-refractivity contribution in [3.05, 3.63) is 57.8 Å². The van der Waals surface area contributed by atoms with Crippen molar-refractivity contribution in [2.45, 2.75) is 12.7 Å². The second-order valence-electron chi connectivity index (χ2n) is 4.06. The zero-order valence-electron chi connectivity index (χ0n) is 10.0. The fraction of sp³-hybridized carbons (Fsp3) is 0.154. The van der Waals surface area contributed by atoms with E-state index in [2.05, 4.69) is 10.3 Å². The highest BCUT2D eigenvalue weighted by Gasteiger charge is 2.31. The van der Waals surface area contributed by atoms with Gasteiger partial charge in [-0.15, -0.1) is 0 Å². The molecule has 1 heterocycles. The molecule has 1 aromatic heterocycles. The largest absolute Gasteiger partial charge is 0.433 e. The van der Waals surface area contributed by atoms with E-state index in [1.165, 1.54) is 6.07 Å². The minimum Gasteiger partial charge on any atom is -0.380 e. The van der Waals surface area contributed by atoms with E-state index < -0.39 is 11.9 Å². The minimum absolute atomic E-state index is 0.382. The van der Waals surface area contributed by atoms with Crippen LogP contribution in [0.25, 0.3) is 0 Å². The number of nitrogens with one attached hydrogen (secondary N) is 1. The van der Waals surface area contributed by atoms with Crippen molar-refractivity contribution in [2.75, 3.05) is 5.32 Å². The average molecular weight is 321 g/mol. The standard InChI is InChI=1S/C13H9Cl2F3N2/c14-9-3-8(4-10(15)5-9)6-19-11-1-2-12(20-7-11)13(16,17)18/h1-5,7,19H,6H2. The first-order valence-electron chi connectivity index (χ1n) is 5.57. The molecule has 2 rings (SSSR count). The molecule has 0 saturated carbocycles. The summed E-state index contributed by atoms with van der Waals surface area (Å²) in [6.45, 7) is 0.382. The molecule has 0 atom stereocenters. The first-order chi connectivity index (χ1) is 9.34. The summed E-state index contributed by atoms with van der Waals surface area (Å²) in [5, 5.41) is 3.95. The molecular formula is C13H9Cl2F3N2. The summed E-state index contributed by atoms with van der Waals surface area (Å²) >= 11 is 11.7. The van der Waals surface area contributed by atoms with Gasteiger partial charge in [-0.2, -0.15) is 13.2 Å². The van der Waals surface area contributed by atoms with Gasteiger partial charge in [0, 0.05) is 16.6 Å². The summed E-state index contributed by atoms with van der Waals surface area (Å²) < 4.78 is 37.0. The van der Waals surface area contributed by atoms with Gasteiger partial charge in [-0.25, -0.2) is 4.98 Å². The van der Waals surface area contributed by atoms with Gasteiger partial charge in [-0.1, -0.05) is 23.2 Å². The van der Waals surface area contributed by atoms with E-state index in [1.54, 1.807) is 18.2 Å². The molecule has 2 nitrogen and oxygen atoms in total. The maximum absolute atomic E-state index is 12.3. The van der Waals surface area contributed by atoms with Gasteiger partial charge in [-0.05, 0) is 35.9 Å².